The van der Waals surface area contributed by atoms with Crippen molar-refractivity contribution in [1.29, 1.82) is 0 Å². The first-order valence-corrected chi connectivity index (χ1v) is 3.69. The van der Waals surface area contributed by atoms with Crippen LogP contribution in [0.2, 0.25) is 0 Å². The zero-order chi connectivity index (χ0) is 7.78. The van der Waals surface area contributed by atoms with Crippen LogP contribution in [0.4, 0.5) is 8.78 Å². The van der Waals surface area contributed by atoms with Gasteiger partial charge in [0.1, 0.15) is 0 Å². The summed E-state index contributed by atoms with van der Waals surface area (Å²) in [6.07, 6.45) is 1.34. The quantitative estimate of drug-likeness (QED) is 0.650. The van der Waals surface area contributed by atoms with Crippen LogP contribution >= 0.6 is 0 Å². The molecule has 0 aliphatic heterocycles. The highest BCUT2D eigenvalue weighted by atomic mass is 19.3. The maximum atomic E-state index is 12.2. The van der Waals surface area contributed by atoms with E-state index >= 15 is 0 Å². The van der Waals surface area contributed by atoms with Crippen LogP contribution < -0.4 is 5.73 Å². The van der Waals surface area contributed by atoms with E-state index in [1.165, 1.54) is 0 Å². The lowest BCUT2D eigenvalue weighted by molar-refractivity contribution is 0.0953. The first-order chi connectivity index (χ1) is 4.56. The van der Waals surface area contributed by atoms with Crippen molar-refractivity contribution in [2.45, 2.75) is 38.2 Å². The molecule has 10 heavy (non-hydrogen) atoms. The highest BCUT2D eigenvalue weighted by Gasteiger charge is 2.56. The summed E-state index contributed by atoms with van der Waals surface area (Å²) in [4.78, 5) is 0. The number of alkyl halides is 2. The lowest BCUT2D eigenvalue weighted by Gasteiger charge is -2.05. The van der Waals surface area contributed by atoms with Crippen LogP contribution in [-0.4, -0.2) is 12.0 Å². The Hall–Kier alpha value is -0.180. The first kappa shape index (κ1) is 7.92. The van der Waals surface area contributed by atoms with Gasteiger partial charge in [-0.05, 0) is 12.8 Å². The lowest BCUT2D eigenvalue weighted by atomic mass is 10.1. The Morgan fingerprint density at radius 3 is 2.50 bits per heavy atom. The third kappa shape index (κ3) is 1.66. The van der Waals surface area contributed by atoms with Crippen LogP contribution in [0.3, 0.4) is 0 Å². The largest absolute Gasteiger partial charge is 0.328 e. The summed E-state index contributed by atoms with van der Waals surface area (Å²) >= 11 is 0. The van der Waals surface area contributed by atoms with Crippen LogP contribution in [0.5, 0.6) is 0 Å². The second-order valence-corrected chi connectivity index (χ2v) is 3.07. The fourth-order valence-electron chi connectivity index (χ4n) is 1.06. The van der Waals surface area contributed by atoms with E-state index in [1.807, 2.05) is 6.92 Å². The molecule has 1 aliphatic rings. The van der Waals surface area contributed by atoms with Gasteiger partial charge in [-0.15, -0.1) is 0 Å². The standard InChI is InChI=1S/C7H13F2N/c1-2-6(10)3-5-4-7(5,8)9/h5-6H,2-4,10H2,1H3/t5-,6-/m0/s1. The summed E-state index contributed by atoms with van der Waals surface area (Å²) in [5.41, 5.74) is 5.50. The zero-order valence-electron chi connectivity index (χ0n) is 6.11. The topological polar surface area (TPSA) is 26.0 Å². The molecule has 0 aromatic heterocycles. The third-order valence-electron chi connectivity index (χ3n) is 2.07. The van der Waals surface area contributed by atoms with Crippen molar-refractivity contribution in [3.63, 3.8) is 0 Å². The molecule has 0 aromatic rings. The maximum absolute atomic E-state index is 12.2. The zero-order valence-corrected chi connectivity index (χ0v) is 6.11. The molecule has 1 rings (SSSR count). The molecule has 1 nitrogen and oxygen atoms in total. The van der Waals surface area contributed by atoms with Gasteiger partial charge in [0.2, 0.25) is 0 Å². The fourth-order valence-corrected chi connectivity index (χ4v) is 1.06. The molecule has 0 saturated heterocycles. The molecule has 2 atom stereocenters. The molecule has 0 heterocycles. The van der Waals surface area contributed by atoms with Gasteiger partial charge in [-0.25, -0.2) is 8.78 Å². The number of hydrogen-bond acceptors (Lipinski definition) is 1. The van der Waals surface area contributed by atoms with E-state index in [4.69, 9.17) is 5.73 Å². The van der Waals surface area contributed by atoms with Crippen molar-refractivity contribution in [2.75, 3.05) is 0 Å². The minimum Gasteiger partial charge on any atom is -0.328 e. The molecule has 1 fully saturated rings. The van der Waals surface area contributed by atoms with Crippen LogP contribution in [0.1, 0.15) is 26.2 Å². The summed E-state index contributed by atoms with van der Waals surface area (Å²) in [7, 11) is 0. The molecule has 2 N–H and O–H groups in total. The summed E-state index contributed by atoms with van der Waals surface area (Å²) in [6.45, 7) is 1.92. The lowest BCUT2D eigenvalue weighted by Crippen LogP contribution is -2.20. The number of halogens is 2. The maximum Gasteiger partial charge on any atom is 0.251 e. The van der Waals surface area contributed by atoms with Crippen LogP contribution in [-0.2, 0) is 0 Å². The average Bonchev–Trinajstić information content (AvgIpc) is 2.40. The van der Waals surface area contributed by atoms with E-state index in [0.717, 1.165) is 6.42 Å². The average molecular weight is 149 g/mol. The Bertz CT molecular complexity index is 125. The van der Waals surface area contributed by atoms with Crippen molar-refractivity contribution in [3.8, 4) is 0 Å². The molecular weight excluding hydrogens is 136 g/mol. The predicted octanol–water partition coefficient (Wildman–Crippen LogP) is 1.77. The molecule has 3 heteroatoms. The molecule has 0 radical (unpaired) electrons. The highest BCUT2D eigenvalue weighted by molar-refractivity contribution is 4.96. The minimum absolute atomic E-state index is 0.0293. The molecule has 1 aliphatic carbocycles. The van der Waals surface area contributed by atoms with Gasteiger partial charge in [0.05, 0.1) is 0 Å². The van der Waals surface area contributed by atoms with Gasteiger partial charge in [-0.2, -0.15) is 0 Å². The van der Waals surface area contributed by atoms with Crippen molar-refractivity contribution < 1.29 is 8.78 Å². The summed E-state index contributed by atoms with van der Waals surface area (Å²) in [6, 6.07) is -0.0293. The molecule has 0 amide bonds. The monoisotopic (exact) mass is 149 g/mol. The SMILES string of the molecule is CC[C@H](N)C[C@H]1CC1(F)F. The van der Waals surface area contributed by atoms with Crippen LogP contribution in [0.25, 0.3) is 0 Å². The molecule has 0 aromatic carbocycles. The molecule has 0 bridgehead atoms. The number of hydrogen-bond donors (Lipinski definition) is 1. The summed E-state index contributed by atoms with van der Waals surface area (Å²) in [5, 5.41) is 0. The summed E-state index contributed by atoms with van der Waals surface area (Å²) in [5.74, 6) is -2.80. The smallest absolute Gasteiger partial charge is 0.251 e. The Labute approximate surface area is 59.6 Å². The van der Waals surface area contributed by atoms with E-state index in [2.05, 4.69) is 0 Å². The fraction of sp³-hybridized carbons (Fsp3) is 1.00. The number of rotatable bonds is 3. The van der Waals surface area contributed by atoms with Gasteiger partial charge < -0.3 is 5.73 Å². The molecule has 60 valence electrons. The predicted molar refractivity (Wildman–Crippen MR) is 35.9 cm³/mol. The summed E-state index contributed by atoms with van der Waals surface area (Å²) < 4.78 is 24.5. The van der Waals surface area contributed by atoms with Gasteiger partial charge in [-0.3, -0.25) is 0 Å². The Morgan fingerprint density at radius 2 is 2.20 bits per heavy atom. The van der Waals surface area contributed by atoms with E-state index in [1.54, 1.807) is 0 Å². The van der Waals surface area contributed by atoms with E-state index in [-0.39, 0.29) is 12.5 Å². The van der Waals surface area contributed by atoms with E-state index in [0.29, 0.717) is 6.42 Å². The van der Waals surface area contributed by atoms with Gasteiger partial charge in [0, 0.05) is 18.4 Å². The Kier molecular flexibility index (Phi) is 1.95. The second-order valence-electron chi connectivity index (χ2n) is 3.07. The van der Waals surface area contributed by atoms with Crippen LogP contribution in [0.15, 0.2) is 0 Å². The van der Waals surface area contributed by atoms with Crippen molar-refractivity contribution in [3.05, 3.63) is 0 Å². The van der Waals surface area contributed by atoms with Crippen molar-refractivity contribution in [1.82, 2.24) is 0 Å². The van der Waals surface area contributed by atoms with Crippen molar-refractivity contribution >= 4 is 0 Å². The highest BCUT2D eigenvalue weighted by Crippen LogP contribution is 2.51. The van der Waals surface area contributed by atoms with Gasteiger partial charge in [0.15, 0.2) is 0 Å². The molecule has 0 unspecified atom stereocenters. The first-order valence-electron chi connectivity index (χ1n) is 3.69. The van der Waals surface area contributed by atoms with E-state index < -0.39 is 11.8 Å². The minimum atomic E-state index is -2.38. The normalized spacial score (nSPS) is 31.8. The Balaban J connectivity index is 2.17. The molecule has 1 saturated carbocycles. The molecular formula is C7H13F2N. The second kappa shape index (κ2) is 2.46. The molecule has 0 spiro atoms. The van der Waals surface area contributed by atoms with Gasteiger partial charge in [0.25, 0.3) is 5.92 Å². The van der Waals surface area contributed by atoms with E-state index in [9.17, 15) is 8.78 Å². The van der Waals surface area contributed by atoms with Gasteiger partial charge in [-0.1, -0.05) is 6.92 Å². The van der Waals surface area contributed by atoms with Crippen molar-refractivity contribution in [2.24, 2.45) is 11.7 Å². The Morgan fingerprint density at radius 1 is 1.70 bits per heavy atom. The van der Waals surface area contributed by atoms with Crippen LogP contribution in [0, 0.1) is 5.92 Å². The number of nitrogens with two attached hydrogens (primary N) is 1. The van der Waals surface area contributed by atoms with Gasteiger partial charge >= 0.3 is 0 Å². The third-order valence-corrected chi connectivity index (χ3v) is 2.07.